The number of hydrogen-bond donors (Lipinski definition) is 9. The minimum Gasteiger partial charge on any atom is -0.505 e. The summed E-state index contributed by atoms with van der Waals surface area (Å²) in [5, 5.41) is 41.8. The van der Waals surface area contributed by atoms with Gasteiger partial charge in [-0.2, -0.15) is 33.7 Å². The first-order valence-electron chi connectivity index (χ1n) is 17.1. The topological polar surface area (TPSA) is 384 Å². The zero-order valence-corrected chi connectivity index (χ0v) is 35.6. The third kappa shape index (κ3) is 11.0. The fourth-order valence-corrected chi connectivity index (χ4v) is 8.27. The molecular weight excluding hydrogens is 915 g/mol. The number of anilines is 3. The molecule has 23 nitrogen and oxygen atoms in total. The van der Waals surface area contributed by atoms with Crippen molar-refractivity contribution in [3.05, 3.63) is 84.9 Å². The highest BCUT2D eigenvalue weighted by atomic mass is 32.2. The van der Waals surface area contributed by atoms with Crippen molar-refractivity contribution in [3.8, 4) is 17.2 Å². The summed E-state index contributed by atoms with van der Waals surface area (Å²) in [6.45, 7) is 1.19. The summed E-state index contributed by atoms with van der Waals surface area (Å²) >= 11 is 0. The number of nitrogens with one attached hydrogen (secondary N) is 2. The second kappa shape index (κ2) is 17.9. The molecule has 1 amide bonds. The quantitative estimate of drug-likeness (QED) is 0.0380. The molecule has 0 heterocycles. The summed E-state index contributed by atoms with van der Waals surface area (Å²) in [5.74, 6) is -1.65. The van der Waals surface area contributed by atoms with Gasteiger partial charge in [-0.05, 0) is 89.6 Å². The maximum absolute atomic E-state index is 11.9. The van der Waals surface area contributed by atoms with Crippen LogP contribution in [0.1, 0.15) is 6.92 Å². The molecule has 6 aromatic carbocycles. The number of rotatable bonds is 11. The van der Waals surface area contributed by atoms with E-state index in [-0.39, 0.29) is 39.0 Å². The fraction of sp³-hybridized carbons (Fsp3) is 0.0833. The van der Waals surface area contributed by atoms with Gasteiger partial charge in [0.15, 0.2) is 11.5 Å². The lowest BCUT2D eigenvalue weighted by atomic mass is 10.1. The number of amides is 1. The molecule has 0 bridgehead atoms. The lowest BCUT2D eigenvalue weighted by Gasteiger charge is -2.10. The Hall–Kier alpha value is -6.85. The Morgan fingerprint density at radius 2 is 1.02 bits per heavy atom. The van der Waals surface area contributed by atoms with Gasteiger partial charge < -0.3 is 31.3 Å². The minimum absolute atomic E-state index is 0.0360. The van der Waals surface area contributed by atoms with Crippen LogP contribution in [0.5, 0.6) is 17.2 Å². The van der Waals surface area contributed by atoms with Gasteiger partial charge in [-0.15, -0.1) is 20.5 Å². The number of ether oxygens (including phenoxy) is 1. The molecule has 0 unspecified atom stereocenters. The first-order chi connectivity index (χ1) is 29.2. The van der Waals surface area contributed by atoms with Gasteiger partial charge in [0.1, 0.15) is 48.1 Å². The Bertz CT molecular complexity index is 3360. The number of carbonyl (C=O) groups is 1. The third-order valence-corrected chi connectivity index (χ3v) is 12.0. The number of methoxy groups -OCH3 is 1. The van der Waals surface area contributed by atoms with Crippen LogP contribution in [0.2, 0.25) is 0 Å². The summed E-state index contributed by atoms with van der Waals surface area (Å²) in [4.78, 5) is 8.25. The van der Waals surface area contributed by atoms with Crippen LogP contribution in [-0.4, -0.2) is 82.2 Å². The van der Waals surface area contributed by atoms with Gasteiger partial charge in [-0.1, -0.05) is 0 Å². The summed E-state index contributed by atoms with van der Waals surface area (Å²) in [5.41, 5.74) is 4.53. The SMILES string of the molecule is CC(=O)Nc1ccc(N=Nc2c(S(=O)(=O)O)cc3cc(N)ccc3c2O)c(S(=O)(=O)O)c1.CNc1ccc2c(O)c(N=Nc3ccc(OC)cc3S(=O)(=O)O)c(S(=O)(=O)O)cc2c1. The first-order valence-corrected chi connectivity index (χ1v) is 22.8. The highest BCUT2D eigenvalue weighted by Gasteiger charge is 2.25. The van der Waals surface area contributed by atoms with E-state index in [0.717, 1.165) is 36.4 Å². The van der Waals surface area contributed by atoms with Crippen LogP contribution in [0.25, 0.3) is 21.5 Å². The van der Waals surface area contributed by atoms with Gasteiger partial charge in [0.05, 0.1) is 7.11 Å². The number of benzene rings is 6. The Kier molecular flexibility index (Phi) is 13.4. The van der Waals surface area contributed by atoms with Crippen molar-refractivity contribution in [2.24, 2.45) is 20.5 Å². The number of nitrogens with zero attached hydrogens (tertiary/aromatic N) is 4. The average molecular weight is 948 g/mol. The molecule has 0 aliphatic carbocycles. The summed E-state index contributed by atoms with van der Waals surface area (Å²) < 4.78 is 137. The van der Waals surface area contributed by atoms with Crippen molar-refractivity contribution in [2.45, 2.75) is 26.5 Å². The molecular formula is C36H33N7O16S4. The van der Waals surface area contributed by atoms with Crippen LogP contribution >= 0.6 is 0 Å². The number of phenolic OH excluding ortho intramolecular Hbond substituents is 2. The van der Waals surface area contributed by atoms with E-state index in [1.807, 2.05) is 0 Å². The monoisotopic (exact) mass is 947 g/mol. The van der Waals surface area contributed by atoms with Gasteiger partial charge in [-0.3, -0.25) is 23.0 Å². The molecule has 0 fully saturated rings. The van der Waals surface area contributed by atoms with Gasteiger partial charge in [-0.25, -0.2) is 0 Å². The zero-order chi connectivity index (χ0) is 46.8. The standard InChI is InChI=1S/C18H16N4O8S2.C18H17N3O8S2/c1-9(23)20-12-3-5-14(15(8-12)31(25,26)27)21-22-17-16(32(28,29)30)7-10-6-11(19)2-4-13(10)18(17)24;1-19-11-3-5-13-10(7-11)8-16(31(26,27)28)17(18(13)22)21-20-14-6-4-12(29-2)9-15(14)30(23,24)25/h2-8,24H,19H2,1H3,(H,20,23)(H,25,26,27)(H,28,29,30);3-9,19,22H,1-2H3,(H,23,24,25)(H,26,27,28). The molecule has 0 aliphatic heterocycles. The molecule has 0 atom stereocenters. The summed E-state index contributed by atoms with van der Waals surface area (Å²) in [7, 11) is -16.4. The van der Waals surface area contributed by atoms with E-state index >= 15 is 0 Å². The van der Waals surface area contributed by atoms with E-state index < -0.39 is 94.5 Å². The second-order valence-electron chi connectivity index (χ2n) is 12.8. The number of nitrogens with two attached hydrogens (primary N) is 1. The predicted molar refractivity (Wildman–Crippen MR) is 227 cm³/mol. The Labute approximate surface area is 357 Å². The number of aromatic hydroxyl groups is 2. The van der Waals surface area contributed by atoms with E-state index in [2.05, 4.69) is 31.1 Å². The van der Waals surface area contributed by atoms with Crippen molar-refractivity contribution < 1.29 is 71.6 Å². The predicted octanol–water partition coefficient (Wildman–Crippen LogP) is 6.50. The van der Waals surface area contributed by atoms with Crippen LogP contribution in [0.4, 0.5) is 39.8 Å². The molecule has 63 heavy (non-hydrogen) atoms. The third-order valence-electron chi connectivity index (χ3n) is 8.49. The van der Waals surface area contributed by atoms with Gasteiger partial charge in [0.2, 0.25) is 5.91 Å². The Balaban J connectivity index is 0.000000238. The van der Waals surface area contributed by atoms with E-state index in [1.165, 1.54) is 50.4 Å². The smallest absolute Gasteiger partial charge is 0.296 e. The molecule has 332 valence electrons. The summed E-state index contributed by atoms with van der Waals surface area (Å²) in [6.07, 6.45) is 0. The van der Waals surface area contributed by atoms with Crippen LogP contribution in [0.15, 0.2) is 125 Å². The zero-order valence-electron chi connectivity index (χ0n) is 32.3. The normalized spacial score (nSPS) is 12.4. The number of nitrogen functional groups attached to an aromatic ring is 1. The molecule has 0 saturated heterocycles. The first kappa shape index (κ1) is 47.2. The van der Waals surface area contributed by atoms with Crippen LogP contribution in [0.3, 0.4) is 0 Å². The maximum Gasteiger partial charge on any atom is 0.296 e. The summed E-state index contributed by atoms with van der Waals surface area (Å²) in [6, 6.07) is 17.7. The van der Waals surface area contributed by atoms with Gasteiger partial charge in [0.25, 0.3) is 40.5 Å². The number of azo groups is 2. The van der Waals surface area contributed by atoms with Crippen molar-refractivity contribution in [1.82, 2.24) is 0 Å². The van der Waals surface area contributed by atoms with E-state index in [0.29, 0.717) is 11.1 Å². The maximum atomic E-state index is 11.9. The molecule has 0 spiro atoms. The molecule has 6 aromatic rings. The number of carbonyl (C=O) groups excluding carboxylic acids is 1. The lowest BCUT2D eigenvalue weighted by Crippen LogP contribution is -2.07. The Morgan fingerprint density at radius 1 is 0.571 bits per heavy atom. The highest BCUT2D eigenvalue weighted by Crippen LogP contribution is 2.44. The highest BCUT2D eigenvalue weighted by molar-refractivity contribution is 7.86. The van der Waals surface area contributed by atoms with Gasteiger partial charge in [0, 0.05) is 47.9 Å². The van der Waals surface area contributed by atoms with Crippen LogP contribution in [-0.2, 0) is 45.3 Å². The minimum atomic E-state index is -4.89. The largest absolute Gasteiger partial charge is 0.505 e. The molecule has 0 aliphatic rings. The number of fused-ring (bicyclic) bond motifs is 2. The molecule has 0 aromatic heterocycles. The van der Waals surface area contributed by atoms with Crippen molar-refractivity contribution in [1.29, 1.82) is 0 Å². The van der Waals surface area contributed by atoms with E-state index in [4.69, 9.17) is 10.5 Å². The molecule has 0 radical (unpaired) electrons. The molecule has 27 heteroatoms. The van der Waals surface area contributed by atoms with Gasteiger partial charge >= 0.3 is 0 Å². The second-order valence-corrected chi connectivity index (χ2v) is 18.4. The lowest BCUT2D eigenvalue weighted by molar-refractivity contribution is -0.114. The Morgan fingerprint density at radius 3 is 1.48 bits per heavy atom. The van der Waals surface area contributed by atoms with Crippen molar-refractivity contribution in [2.75, 3.05) is 30.5 Å². The number of hydrogen-bond acceptors (Lipinski definition) is 18. The molecule has 10 N–H and O–H groups in total. The number of phenols is 2. The van der Waals surface area contributed by atoms with E-state index in [9.17, 15) is 66.9 Å². The van der Waals surface area contributed by atoms with Crippen LogP contribution < -0.4 is 21.1 Å². The fourth-order valence-electron chi connectivity index (χ4n) is 5.67. The average Bonchev–Trinajstić information content (AvgIpc) is 3.18. The van der Waals surface area contributed by atoms with Crippen LogP contribution in [0, 0.1) is 0 Å². The van der Waals surface area contributed by atoms with E-state index in [1.54, 1.807) is 19.2 Å². The van der Waals surface area contributed by atoms with Crippen molar-refractivity contribution in [3.63, 3.8) is 0 Å². The molecule has 0 saturated carbocycles. The van der Waals surface area contributed by atoms with Crippen molar-refractivity contribution >= 4 is 108 Å². The molecule has 6 rings (SSSR count).